The Morgan fingerprint density at radius 2 is 1.96 bits per heavy atom. The van der Waals surface area contributed by atoms with E-state index in [0.29, 0.717) is 6.61 Å². The average molecular weight is 341 g/mol. The van der Waals surface area contributed by atoms with E-state index >= 15 is 0 Å². The van der Waals surface area contributed by atoms with Crippen LogP contribution in [0.1, 0.15) is 29.8 Å². The lowest BCUT2D eigenvalue weighted by Gasteiger charge is -2.32. The van der Waals surface area contributed by atoms with Crippen LogP contribution < -0.4 is 14.5 Å². The number of aromatic nitrogens is 2. The maximum atomic E-state index is 11.7. The predicted octanol–water partition coefficient (Wildman–Crippen LogP) is 0.983. The zero-order chi connectivity index (χ0) is 17.6. The molecule has 1 aliphatic heterocycles. The molecule has 0 spiro atoms. The van der Waals surface area contributed by atoms with Crippen LogP contribution in [-0.2, 0) is 6.54 Å². The molecule has 2 aromatic rings. The van der Waals surface area contributed by atoms with Gasteiger partial charge in [-0.3, -0.25) is 4.79 Å². The summed E-state index contributed by atoms with van der Waals surface area (Å²) in [5, 5.41) is 0. The van der Waals surface area contributed by atoms with Crippen LogP contribution in [0, 0.1) is 0 Å². The van der Waals surface area contributed by atoms with Crippen molar-refractivity contribution in [3.63, 3.8) is 0 Å². The lowest BCUT2D eigenvalue weighted by atomic mass is 10.1. The number of rotatable bonds is 6. The van der Waals surface area contributed by atoms with Gasteiger partial charge in [0, 0.05) is 23.5 Å². The Morgan fingerprint density at radius 1 is 1.24 bits per heavy atom. The summed E-state index contributed by atoms with van der Waals surface area (Å²) in [5.41, 5.74) is 1.85. The van der Waals surface area contributed by atoms with Gasteiger partial charge < -0.3 is 14.5 Å². The van der Waals surface area contributed by atoms with Crippen LogP contribution in [0.5, 0.6) is 5.75 Å². The number of ether oxygens (including phenoxy) is 1. The normalized spacial score (nSPS) is 15.2. The highest BCUT2D eigenvalue weighted by atomic mass is 16.5. The Morgan fingerprint density at radius 3 is 2.60 bits per heavy atom. The Balaban J connectivity index is 1.67. The number of benzene rings is 1. The third-order valence-corrected chi connectivity index (χ3v) is 4.51. The molecule has 0 unspecified atom stereocenters. The molecule has 0 amide bonds. The minimum atomic E-state index is 0.0883. The van der Waals surface area contributed by atoms with Gasteiger partial charge in [-0.25, -0.2) is 9.97 Å². The summed E-state index contributed by atoms with van der Waals surface area (Å²) in [6, 6.07) is 7.58. The third-order valence-electron chi connectivity index (χ3n) is 4.51. The molecule has 1 aromatic heterocycles. The van der Waals surface area contributed by atoms with Crippen LogP contribution in [0.3, 0.4) is 0 Å². The zero-order valence-electron chi connectivity index (χ0n) is 14.9. The fourth-order valence-corrected chi connectivity index (χ4v) is 3.16. The predicted molar refractivity (Wildman–Crippen MR) is 96.3 cm³/mol. The van der Waals surface area contributed by atoms with Crippen molar-refractivity contribution in [2.75, 3.05) is 37.7 Å². The van der Waals surface area contributed by atoms with Crippen LogP contribution in [0.15, 0.2) is 36.7 Å². The minimum absolute atomic E-state index is 0.0883. The largest absolute Gasteiger partial charge is 0.493 e. The van der Waals surface area contributed by atoms with Gasteiger partial charge in [0.2, 0.25) is 5.95 Å². The Bertz CT molecular complexity index is 713. The van der Waals surface area contributed by atoms with Crippen LogP contribution in [0.2, 0.25) is 0 Å². The second-order valence-electron chi connectivity index (χ2n) is 6.27. The Kier molecular flexibility index (Phi) is 5.60. The summed E-state index contributed by atoms with van der Waals surface area (Å²) in [5.74, 6) is 1.77. The average Bonchev–Trinajstić information content (AvgIpc) is 2.64. The molecule has 3 rings (SSSR count). The van der Waals surface area contributed by atoms with Gasteiger partial charge in [0.1, 0.15) is 12.3 Å². The molecule has 0 radical (unpaired) electrons. The molecule has 6 heteroatoms. The van der Waals surface area contributed by atoms with Crippen molar-refractivity contribution in [2.24, 2.45) is 0 Å². The number of carbonyl (C=O) groups is 1. The number of nitrogens with one attached hydrogen (secondary N) is 1. The van der Waals surface area contributed by atoms with E-state index in [1.54, 1.807) is 19.3 Å². The van der Waals surface area contributed by atoms with Crippen molar-refractivity contribution in [2.45, 2.75) is 20.4 Å². The van der Waals surface area contributed by atoms with Crippen molar-refractivity contribution < 1.29 is 14.4 Å². The molecule has 1 N–H and O–H groups in total. The molecule has 0 aliphatic carbocycles. The molecule has 25 heavy (non-hydrogen) atoms. The SMILES string of the molecule is CCOc1ccc(C(C)=O)cc1C[NH+]1CCN(c2ncccn2)CC1. The van der Waals surface area contributed by atoms with Crippen LogP contribution in [0.4, 0.5) is 5.95 Å². The number of carbonyl (C=O) groups excluding carboxylic acids is 1. The van der Waals surface area contributed by atoms with Gasteiger partial charge in [-0.2, -0.15) is 0 Å². The highest BCUT2D eigenvalue weighted by Gasteiger charge is 2.23. The highest BCUT2D eigenvalue weighted by molar-refractivity contribution is 5.94. The number of anilines is 1. The van der Waals surface area contributed by atoms with Gasteiger partial charge in [-0.15, -0.1) is 0 Å². The van der Waals surface area contributed by atoms with E-state index in [0.717, 1.165) is 55.5 Å². The minimum Gasteiger partial charge on any atom is -0.493 e. The van der Waals surface area contributed by atoms with E-state index < -0.39 is 0 Å². The van der Waals surface area contributed by atoms with Gasteiger partial charge in [-0.05, 0) is 38.1 Å². The smallest absolute Gasteiger partial charge is 0.225 e. The molecule has 1 aromatic carbocycles. The van der Waals surface area contributed by atoms with Crippen LogP contribution >= 0.6 is 0 Å². The lowest BCUT2D eigenvalue weighted by Crippen LogP contribution is -3.13. The van der Waals surface area contributed by atoms with E-state index in [1.165, 1.54) is 4.90 Å². The second kappa shape index (κ2) is 8.07. The first-order valence-corrected chi connectivity index (χ1v) is 8.79. The summed E-state index contributed by atoms with van der Waals surface area (Å²) in [7, 11) is 0. The van der Waals surface area contributed by atoms with Crippen molar-refractivity contribution >= 4 is 11.7 Å². The highest BCUT2D eigenvalue weighted by Crippen LogP contribution is 2.20. The van der Waals surface area contributed by atoms with Gasteiger partial charge in [0.15, 0.2) is 5.78 Å². The van der Waals surface area contributed by atoms with Gasteiger partial charge in [0.25, 0.3) is 0 Å². The molecule has 0 bridgehead atoms. The quantitative estimate of drug-likeness (QED) is 0.794. The second-order valence-corrected chi connectivity index (χ2v) is 6.27. The van der Waals surface area contributed by atoms with Gasteiger partial charge >= 0.3 is 0 Å². The molecule has 1 aliphatic rings. The monoisotopic (exact) mass is 341 g/mol. The molecule has 0 saturated carbocycles. The summed E-state index contributed by atoms with van der Waals surface area (Å²) < 4.78 is 5.75. The summed E-state index contributed by atoms with van der Waals surface area (Å²) in [4.78, 5) is 24.1. The first-order chi connectivity index (χ1) is 12.2. The van der Waals surface area contributed by atoms with Crippen LogP contribution in [-0.4, -0.2) is 48.5 Å². The van der Waals surface area contributed by atoms with Crippen molar-refractivity contribution in [1.29, 1.82) is 0 Å². The van der Waals surface area contributed by atoms with E-state index in [1.807, 2.05) is 31.2 Å². The summed E-state index contributed by atoms with van der Waals surface area (Å²) in [6.45, 7) is 8.94. The molecule has 2 heterocycles. The number of hydrogen-bond donors (Lipinski definition) is 1. The fourth-order valence-electron chi connectivity index (χ4n) is 3.16. The molecular weight excluding hydrogens is 316 g/mol. The third kappa shape index (κ3) is 4.33. The van der Waals surface area contributed by atoms with E-state index in [9.17, 15) is 4.79 Å². The standard InChI is InChI=1S/C19H24N4O2/c1-3-25-18-6-5-16(15(2)24)13-17(18)14-22-9-11-23(12-10-22)19-20-7-4-8-21-19/h4-8,13H,3,9-12,14H2,1-2H3/p+1. The first kappa shape index (κ1) is 17.4. The van der Waals surface area contributed by atoms with Crippen molar-refractivity contribution in [3.8, 4) is 5.75 Å². The zero-order valence-corrected chi connectivity index (χ0v) is 14.9. The Labute approximate surface area is 148 Å². The molecule has 1 fully saturated rings. The number of piperazine rings is 1. The number of quaternary nitrogens is 1. The van der Waals surface area contributed by atoms with E-state index in [-0.39, 0.29) is 5.78 Å². The number of Topliss-reactive ketones (excluding diaryl/α,β-unsaturated/α-hetero) is 1. The van der Waals surface area contributed by atoms with Gasteiger partial charge in [0.05, 0.1) is 32.8 Å². The van der Waals surface area contributed by atoms with Crippen molar-refractivity contribution in [1.82, 2.24) is 9.97 Å². The van der Waals surface area contributed by atoms with E-state index in [2.05, 4.69) is 14.9 Å². The lowest BCUT2D eigenvalue weighted by molar-refractivity contribution is -0.914. The fraction of sp³-hybridized carbons (Fsp3) is 0.421. The van der Waals surface area contributed by atoms with Gasteiger partial charge in [-0.1, -0.05) is 0 Å². The summed E-state index contributed by atoms with van der Waals surface area (Å²) >= 11 is 0. The number of nitrogens with zero attached hydrogens (tertiary/aromatic N) is 3. The summed E-state index contributed by atoms with van der Waals surface area (Å²) in [6.07, 6.45) is 3.56. The van der Waals surface area contributed by atoms with Crippen LogP contribution in [0.25, 0.3) is 0 Å². The molecule has 1 saturated heterocycles. The number of hydrogen-bond acceptors (Lipinski definition) is 5. The maximum absolute atomic E-state index is 11.7. The Hall–Kier alpha value is -2.47. The molecule has 132 valence electrons. The molecular formula is C19H25N4O2+. The topological polar surface area (TPSA) is 59.8 Å². The maximum Gasteiger partial charge on any atom is 0.225 e. The van der Waals surface area contributed by atoms with Crippen molar-refractivity contribution in [3.05, 3.63) is 47.8 Å². The molecule has 0 atom stereocenters. The first-order valence-electron chi connectivity index (χ1n) is 8.79. The van der Waals surface area contributed by atoms with E-state index in [4.69, 9.17) is 4.74 Å². The number of ketones is 1. The molecule has 6 nitrogen and oxygen atoms in total.